The van der Waals surface area contributed by atoms with Crippen molar-refractivity contribution in [1.29, 1.82) is 0 Å². The number of ether oxygens (including phenoxy) is 2. The molecule has 6 heteroatoms. The third-order valence-electron chi connectivity index (χ3n) is 5.01. The maximum absolute atomic E-state index is 13.3. The van der Waals surface area contributed by atoms with Gasteiger partial charge in [0.25, 0.3) is 0 Å². The highest BCUT2D eigenvalue weighted by Crippen LogP contribution is 2.59. The Bertz CT molecular complexity index is 683. The summed E-state index contributed by atoms with van der Waals surface area (Å²) in [6, 6.07) is 2.65. The van der Waals surface area contributed by atoms with E-state index in [0.717, 1.165) is 25.0 Å². The van der Waals surface area contributed by atoms with Crippen molar-refractivity contribution >= 4 is 11.9 Å². The normalized spacial score (nSPS) is 28.3. The third-order valence-corrected chi connectivity index (χ3v) is 5.01. The van der Waals surface area contributed by atoms with Crippen molar-refractivity contribution < 1.29 is 27.8 Å². The van der Waals surface area contributed by atoms with E-state index in [1.807, 2.05) is 6.08 Å². The number of rotatable bonds is 4. The minimum atomic E-state index is -0.812. The van der Waals surface area contributed by atoms with Crippen molar-refractivity contribution in [3.8, 4) is 0 Å². The lowest BCUT2D eigenvalue weighted by molar-refractivity contribution is -0.134. The van der Waals surface area contributed by atoms with Crippen LogP contribution in [0.15, 0.2) is 30.4 Å². The van der Waals surface area contributed by atoms with Gasteiger partial charge in [0.1, 0.15) is 17.2 Å². The number of halogens is 2. The van der Waals surface area contributed by atoms with Crippen LogP contribution in [0.1, 0.15) is 42.5 Å². The average Bonchev–Trinajstić information content (AvgIpc) is 3.07. The van der Waals surface area contributed by atoms with Gasteiger partial charge < -0.3 is 9.47 Å². The first-order chi connectivity index (χ1) is 11.4. The molecule has 1 aromatic carbocycles. The number of methoxy groups -OCH3 is 1. The summed E-state index contributed by atoms with van der Waals surface area (Å²) < 4.78 is 36.7. The van der Waals surface area contributed by atoms with Gasteiger partial charge in [-0.3, -0.25) is 0 Å². The molecule has 2 bridgehead atoms. The minimum absolute atomic E-state index is 0.128. The Morgan fingerprint density at radius 2 is 1.71 bits per heavy atom. The second-order valence-electron chi connectivity index (χ2n) is 6.63. The van der Waals surface area contributed by atoms with Crippen molar-refractivity contribution in [3.63, 3.8) is 0 Å². The fraction of sp³-hybridized carbons (Fsp3) is 0.444. The van der Waals surface area contributed by atoms with Gasteiger partial charge in [-0.2, -0.15) is 0 Å². The molecule has 2 aliphatic carbocycles. The molecule has 2 fully saturated rings. The number of carbonyl (C=O) groups is 2. The first-order valence-corrected chi connectivity index (χ1v) is 7.82. The third kappa shape index (κ3) is 3.18. The molecule has 0 saturated heterocycles. The molecule has 0 atom stereocenters. The average molecular weight is 336 g/mol. The van der Waals surface area contributed by atoms with Crippen LogP contribution in [-0.2, 0) is 14.3 Å². The summed E-state index contributed by atoms with van der Waals surface area (Å²) in [5.74, 6) is -2.76. The van der Waals surface area contributed by atoms with Crippen molar-refractivity contribution in [1.82, 2.24) is 0 Å². The molecule has 128 valence electrons. The van der Waals surface area contributed by atoms with Crippen molar-refractivity contribution in [2.45, 2.75) is 37.7 Å². The van der Waals surface area contributed by atoms with Crippen LogP contribution in [0.5, 0.6) is 0 Å². The molecule has 4 nitrogen and oxygen atoms in total. The Morgan fingerprint density at radius 1 is 1.08 bits per heavy atom. The van der Waals surface area contributed by atoms with E-state index < -0.39 is 29.2 Å². The number of hydrogen-bond acceptors (Lipinski definition) is 4. The van der Waals surface area contributed by atoms with Crippen molar-refractivity contribution in [2.24, 2.45) is 5.41 Å². The Hall–Kier alpha value is -2.24. The summed E-state index contributed by atoms with van der Waals surface area (Å²) >= 11 is 0. The lowest BCUT2D eigenvalue weighted by atomic mass is 9.84. The summed E-state index contributed by atoms with van der Waals surface area (Å²) in [5, 5.41) is 0. The first kappa shape index (κ1) is 16.6. The number of fused-ring (bicyclic) bond motifs is 2. The van der Waals surface area contributed by atoms with Crippen LogP contribution in [0.3, 0.4) is 0 Å². The van der Waals surface area contributed by atoms with Crippen LogP contribution in [0, 0.1) is 17.0 Å². The maximum atomic E-state index is 13.3. The Balaban J connectivity index is 1.72. The predicted octanol–water partition coefficient (Wildman–Crippen LogP) is 3.55. The molecule has 2 aliphatic rings. The number of esters is 2. The fourth-order valence-corrected chi connectivity index (χ4v) is 3.80. The monoisotopic (exact) mass is 336 g/mol. The van der Waals surface area contributed by atoms with Gasteiger partial charge in [0.05, 0.1) is 12.7 Å². The molecule has 0 heterocycles. The molecule has 0 aromatic heterocycles. The largest absolute Gasteiger partial charge is 0.466 e. The zero-order valence-corrected chi connectivity index (χ0v) is 13.3. The van der Waals surface area contributed by atoms with E-state index >= 15 is 0 Å². The van der Waals surface area contributed by atoms with E-state index in [-0.39, 0.29) is 11.0 Å². The molecule has 24 heavy (non-hydrogen) atoms. The molecule has 3 rings (SSSR count). The fourth-order valence-electron chi connectivity index (χ4n) is 3.80. The molecule has 0 amide bonds. The van der Waals surface area contributed by atoms with Crippen molar-refractivity contribution in [2.75, 3.05) is 7.11 Å². The van der Waals surface area contributed by atoms with E-state index in [9.17, 15) is 18.4 Å². The number of benzene rings is 1. The molecule has 0 radical (unpaired) electrons. The van der Waals surface area contributed by atoms with Gasteiger partial charge in [-0.05, 0) is 49.7 Å². The molecular formula is C18H18F2O4. The number of carbonyl (C=O) groups excluding carboxylic acids is 2. The van der Waals surface area contributed by atoms with E-state index in [4.69, 9.17) is 4.74 Å². The van der Waals surface area contributed by atoms with Crippen LogP contribution in [-0.4, -0.2) is 24.6 Å². The van der Waals surface area contributed by atoms with Gasteiger partial charge in [-0.1, -0.05) is 6.08 Å². The highest BCUT2D eigenvalue weighted by molar-refractivity contribution is 5.89. The Labute approximate surface area is 138 Å². The summed E-state index contributed by atoms with van der Waals surface area (Å²) in [5.41, 5.74) is -0.932. The number of allylic oxidation sites excluding steroid dienone is 1. The lowest BCUT2D eigenvalue weighted by Gasteiger charge is -2.27. The van der Waals surface area contributed by atoms with Crippen LogP contribution >= 0.6 is 0 Å². The highest BCUT2D eigenvalue weighted by atomic mass is 19.1. The van der Waals surface area contributed by atoms with Gasteiger partial charge in [-0.25, -0.2) is 18.4 Å². The van der Waals surface area contributed by atoms with E-state index in [0.29, 0.717) is 25.3 Å². The van der Waals surface area contributed by atoms with Gasteiger partial charge >= 0.3 is 11.9 Å². The quantitative estimate of drug-likeness (QED) is 0.623. The predicted molar refractivity (Wildman–Crippen MR) is 81.2 cm³/mol. The molecule has 0 unspecified atom stereocenters. The standard InChI is InChI=1S/C18H18F2O4/c1-23-15(21)2-3-17-4-6-18(11-17,7-5-17)24-16(22)12-8-13(19)10-14(20)9-12/h2-3,8-10H,4-7,11H2,1H3/b3-2+. The molecular weight excluding hydrogens is 318 g/mol. The molecule has 0 N–H and O–H groups in total. The van der Waals surface area contributed by atoms with Gasteiger partial charge in [0.15, 0.2) is 0 Å². The zero-order chi connectivity index (χ0) is 17.4. The second kappa shape index (κ2) is 6.00. The molecule has 1 aromatic rings. The van der Waals surface area contributed by atoms with Crippen molar-refractivity contribution in [3.05, 3.63) is 47.5 Å². The maximum Gasteiger partial charge on any atom is 0.338 e. The molecule has 0 spiro atoms. The molecule has 0 aliphatic heterocycles. The first-order valence-electron chi connectivity index (χ1n) is 7.82. The van der Waals surface area contributed by atoms with Crippen LogP contribution in [0.2, 0.25) is 0 Å². The van der Waals surface area contributed by atoms with Crippen LogP contribution < -0.4 is 0 Å². The molecule has 2 saturated carbocycles. The summed E-state index contributed by atoms with van der Waals surface area (Å²) in [7, 11) is 1.32. The van der Waals surface area contributed by atoms with E-state index in [2.05, 4.69) is 4.74 Å². The van der Waals surface area contributed by atoms with Crippen LogP contribution in [0.25, 0.3) is 0 Å². The minimum Gasteiger partial charge on any atom is -0.466 e. The van der Waals surface area contributed by atoms with Gasteiger partial charge in [0.2, 0.25) is 0 Å². The van der Waals surface area contributed by atoms with E-state index in [1.54, 1.807) is 0 Å². The topological polar surface area (TPSA) is 52.6 Å². The van der Waals surface area contributed by atoms with Gasteiger partial charge in [-0.15, -0.1) is 0 Å². The second-order valence-corrected chi connectivity index (χ2v) is 6.63. The Kier molecular flexibility index (Phi) is 4.15. The number of hydrogen-bond donors (Lipinski definition) is 0. The summed E-state index contributed by atoms with van der Waals surface area (Å²) in [6.07, 6.45) is 6.78. The SMILES string of the molecule is COC(=O)/C=C/C12CCC(OC(=O)c3cc(F)cc(F)c3)(CC1)C2. The zero-order valence-electron chi connectivity index (χ0n) is 13.3. The van der Waals surface area contributed by atoms with E-state index in [1.165, 1.54) is 13.2 Å². The summed E-state index contributed by atoms with van der Waals surface area (Å²) in [6.45, 7) is 0. The van der Waals surface area contributed by atoms with Gasteiger partial charge in [0, 0.05) is 12.1 Å². The smallest absolute Gasteiger partial charge is 0.338 e. The Morgan fingerprint density at radius 3 is 2.29 bits per heavy atom. The lowest BCUT2D eigenvalue weighted by Crippen LogP contribution is -2.30. The van der Waals surface area contributed by atoms with Crippen LogP contribution in [0.4, 0.5) is 8.78 Å². The highest BCUT2D eigenvalue weighted by Gasteiger charge is 2.55. The summed E-state index contributed by atoms with van der Waals surface area (Å²) in [4.78, 5) is 23.5.